The van der Waals surface area contributed by atoms with Crippen molar-refractivity contribution in [2.45, 2.75) is 150 Å². The molecule has 7 amide bonds. The number of carboxylic acids is 1. The molecular formula is C37H69N11O9. The van der Waals surface area contributed by atoms with Crippen LogP contribution in [0.15, 0.2) is 4.99 Å². The smallest absolute Gasteiger partial charge is 0.326 e. The molecule has 0 spiro atoms. The Kier molecular flexibility index (Phi) is 23.7. The molecule has 0 aliphatic carbocycles. The molecule has 7 atom stereocenters. The third kappa shape index (κ3) is 21.8. The minimum Gasteiger partial charge on any atom is -0.480 e. The Bertz CT molecular complexity index is 1400. The van der Waals surface area contributed by atoms with E-state index in [2.05, 4.69) is 36.9 Å². The summed E-state index contributed by atoms with van der Waals surface area (Å²) in [5.74, 6) is -6.98. The fourth-order valence-corrected chi connectivity index (χ4v) is 5.49. The standard InChI is InChI=1S/C37H69N11O9/c1-18(2)15-25(48-35(55)29(39)21(7)8)32(52)43-22(9)30(50)44-23(12-13-28(38)49)31(51)46-27(17-20(5)6)34(54)47-26(16-19(3)4)33(53)45-24(36(56)57)11-10-14-42-37(40)41/h18-27,29H,10-17,39H2,1-9H3,(H2,38,49)(H,43,52)(H,44,50)(H,45,53)(H,46,51)(H,47,54)(H,48,55)(H,56,57)(H4,40,41,42)/t22-,23-,24-,25-,26-,27-,29-/m0/s1. The second-order valence-corrected chi connectivity index (χ2v) is 16.0. The fraction of sp³-hybridized carbons (Fsp3) is 0.757. The predicted octanol–water partition coefficient (Wildman–Crippen LogP) is -1.56. The van der Waals surface area contributed by atoms with Crippen LogP contribution < -0.4 is 54.8 Å². The van der Waals surface area contributed by atoms with Crippen LogP contribution in [0.2, 0.25) is 0 Å². The molecule has 0 saturated carbocycles. The van der Waals surface area contributed by atoms with Crippen molar-refractivity contribution in [2.24, 2.45) is 51.6 Å². The highest BCUT2D eigenvalue weighted by Gasteiger charge is 2.33. The van der Waals surface area contributed by atoms with Crippen LogP contribution in [0.5, 0.6) is 0 Å². The topological polar surface area (TPSA) is 345 Å². The summed E-state index contributed by atoms with van der Waals surface area (Å²) in [5, 5.41) is 25.2. The van der Waals surface area contributed by atoms with Crippen molar-refractivity contribution < 1.29 is 43.5 Å². The molecule has 0 aliphatic rings. The van der Waals surface area contributed by atoms with Crippen molar-refractivity contribution in [3.05, 3.63) is 0 Å². The molecular weight excluding hydrogens is 742 g/mol. The first kappa shape index (κ1) is 52.0. The molecule has 0 heterocycles. The summed E-state index contributed by atoms with van der Waals surface area (Å²) in [6.07, 6.45) is 0.181. The molecule has 0 aromatic heterocycles. The number of carboxylic acid groups (broad SMARTS) is 1. The number of aliphatic imine (C=N–C) groups is 1. The van der Waals surface area contributed by atoms with Gasteiger partial charge in [-0.3, -0.25) is 38.6 Å². The van der Waals surface area contributed by atoms with E-state index in [1.165, 1.54) is 6.92 Å². The van der Waals surface area contributed by atoms with E-state index in [0.717, 1.165) is 0 Å². The van der Waals surface area contributed by atoms with Crippen LogP contribution in [0.3, 0.4) is 0 Å². The molecule has 0 rings (SSSR count). The number of aliphatic carboxylic acids is 1. The van der Waals surface area contributed by atoms with Crippen molar-refractivity contribution in [2.75, 3.05) is 6.54 Å². The highest BCUT2D eigenvalue weighted by molar-refractivity contribution is 5.97. The monoisotopic (exact) mass is 812 g/mol. The van der Waals surface area contributed by atoms with E-state index in [1.807, 2.05) is 27.7 Å². The van der Waals surface area contributed by atoms with Gasteiger partial charge in [-0.2, -0.15) is 0 Å². The molecule has 0 unspecified atom stereocenters. The molecule has 0 fully saturated rings. The van der Waals surface area contributed by atoms with Gasteiger partial charge in [0, 0.05) is 13.0 Å². The first-order valence-corrected chi connectivity index (χ1v) is 19.5. The van der Waals surface area contributed by atoms with Gasteiger partial charge >= 0.3 is 5.97 Å². The molecule has 0 radical (unpaired) electrons. The number of rotatable bonds is 27. The Morgan fingerprint density at radius 3 is 1.30 bits per heavy atom. The van der Waals surface area contributed by atoms with Crippen molar-refractivity contribution in [1.82, 2.24) is 31.9 Å². The summed E-state index contributed by atoms with van der Waals surface area (Å²) in [6, 6.07) is -8.16. The minimum atomic E-state index is -1.38. The van der Waals surface area contributed by atoms with E-state index in [4.69, 9.17) is 22.9 Å². The summed E-state index contributed by atoms with van der Waals surface area (Å²) < 4.78 is 0. The van der Waals surface area contributed by atoms with Gasteiger partial charge in [-0.05, 0) is 69.1 Å². The number of carbonyl (C=O) groups is 8. The predicted molar refractivity (Wildman–Crippen MR) is 214 cm³/mol. The average molecular weight is 812 g/mol. The van der Waals surface area contributed by atoms with Crippen molar-refractivity contribution in [1.29, 1.82) is 0 Å². The zero-order valence-electron chi connectivity index (χ0n) is 35.0. The lowest BCUT2D eigenvalue weighted by molar-refractivity contribution is -0.142. The number of nitrogens with zero attached hydrogens (tertiary/aromatic N) is 1. The van der Waals surface area contributed by atoms with Crippen molar-refractivity contribution >= 4 is 53.3 Å². The Balaban J connectivity index is 6.12. The number of hydrogen-bond acceptors (Lipinski definition) is 10. The number of primary amides is 1. The summed E-state index contributed by atoms with van der Waals surface area (Å²) >= 11 is 0. The first-order chi connectivity index (χ1) is 26.3. The Hall–Kier alpha value is -5.01. The second kappa shape index (κ2) is 26.0. The number of amides is 7. The number of nitrogens with two attached hydrogens (primary N) is 4. The van der Waals surface area contributed by atoms with Crippen LogP contribution in [0.25, 0.3) is 0 Å². The highest BCUT2D eigenvalue weighted by atomic mass is 16.4. The maximum absolute atomic E-state index is 13.7. The van der Waals surface area contributed by atoms with E-state index >= 15 is 0 Å². The normalized spacial score (nSPS) is 15.0. The van der Waals surface area contributed by atoms with Crippen LogP contribution in [0.1, 0.15) is 107 Å². The minimum absolute atomic E-state index is 0.00896. The number of nitrogens with one attached hydrogen (secondary N) is 6. The lowest BCUT2D eigenvalue weighted by Crippen LogP contribution is -2.59. The lowest BCUT2D eigenvalue weighted by Gasteiger charge is -2.28. The largest absolute Gasteiger partial charge is 0.480 e. The third-order valence-corrected chi connectivity index (χ3v) is 8.67. The van der Waals surface area contributed by atoms with Gasteiger partial charge in [0.1, 0.15) is 36.3 Å². The Morgan fingerprint density at radius 1 is 0.526 bits per heavy atom. The van der Waals surface area contributed by atoms with Crippen molar-refractivity contribution in [3.8, 4) is 0 Å². The summed E-state index contributed by atoms with van der Waals surface area (Å²) in [7, 11) is 0. The highest BCUT2D eigenvalue weighted by Crippen LogP contribution is 2.12. The van der Waals surface area contributed by atoms with Crippen molar-refractivity contribution in [3.63, 3.8) is 0 Å². The summed E-state index contributed by atoms with van der Waals surface area (Å²) in [4.78, 5) is 108. The molecule has 0 aliphatic heterocycles. The van der Waals surface area contributed by atoms with E-state index in [9.17, 15) is 43.5 Å². The number of guanidine groups is 1. The summed E-state index contributed by atoms with van der Waals surface area (Å²) in [6.45, 7) is 16.0. The second-order valence-electron chi connectivity index (χ2n) is 16.0. The van der Waals surface area contributed by atoms with Crippen LogP contribution in [-0.4, -0.2) is 107 Å². The van der Waals surface area contributed by atoms with E-state index in [0.29, 0.717) is 0 Å². The fourth-order valence-electron chi connectivity index (χ4n) is 5.49. The number of hydrogen-bond donors (Lipinski definition) is 11. The van der Waals surface area contributed by atoms with Gasteiger partial charge in [-0.25, -0.2) is 4.79 Å². The van der Waals surface area contributed by atoms with Crippen LogP contribution >= 0.6 is 0 Å². The van der Waals surface area contributed by atoms with Gasteiger partial charge in [-0.1, -0.05) is 55.4 Å². The van der Waals surface area contributed by atoms with Gasteiger partial charge in [0.25, 0.3) is 0 Å². The van der Waals surface area contributed by atoms with Gasteiger partial charge in [0.05, 0.1) is 6.04 Å². The molecule has 20 nitrogen and oxygen atoms in total. The maximum Gasteiger partial charge on any atom is 0.326 e. The van der Waals surface area contributed by atoms with Crippen LogP contribution in [-0.2, 0) is 38.4 Å². The molecule has 20 heteroatoms. The van der Waals surface area contributed by atoms with Gasteiger partial charge < -0.3 is 59.9 Å². The van der Waals surface area contributed by atoms with E-state index < -0.39 is 89.6 Å². The van der Waals surface area contributed by atoms with Crippen LogP contribution in [0.4, 0.5) is 0 Å². The van der Waals surface area contributed by atoms with Gasteiger partial charge in [-0.15, -0.1) is 0 Å². The molecule has 0 aromatic carbocycles. The average Bonchev–Trinajstić information content (AvgIpc) is 3.08. The molecule has 326 valence electrons. The molecule has 0 aromatic rings. The zero-order valence-corrected chi connectivity index (χ0v) is 35.0. The Labute approximate surface area is 336 Å². The third-order valence-electron chi connectivity index (χ3n) is 8.67. The number of carbonyl (C=O) groups excluding carboxylic acids is 7. The van der Waals surface area contributed by atoms with Gasteiger partial charge in [0.2, 0.25) is 41.4 Å². The van der Waals surface area contributed by atoms with E-state index in [1.54, 1.807) is 27.7 Å². The zero-order chi connectivity index (χ0) is 44.2. The molecule has 0 bridgehead atoms. The lowest BCUT2D eigenvalue weighted by atomic mass is 9.99. The molecule has 0 saturated heterocycles. The quantitative estimate of drug-likeness (QED) is 0.0255. The van der Waals surface area contributed by atoms with Crippen LogP contribution in [0, 0.1) is 23.7 Å². The molecule has 57 heavy (non-hydrogen) atoms. The Morgan fingerprint density at radius 2 is 0.912 bits per heavy atom. The maximum atomic E-state index is 13.7. The molecule has 15 N–H and O–H groups in total. The van der Waals surface area contributed by atoms with Gasteiger partial charge in [0.15, 0.2) is 5.96 Å². The SMILES string of the molecule is CC(C)C[C@H](NC(=O)[C@H](CC(C)C)NC(=O)[C@H](CCC(N)=O)NC(=O)[C@H](C)NC(=O)[C@H](CC(C)C)NC(=O)[C@@H](N)C(C)C)C(=O)N[C@@H](CCCN=C(N)N)C(=O)O. The first-order valence-electron chi connectivity index (χ1n) is 19.5. The summed E-state index contributed by atoms with van der Waals surface area (Å²) in [5.41, 5.74) is 21.9. The van der Waals surface area contributed by atoms with E-state index in [-0.39, 0.29) is 81.1 Å².